The molecule has 0 unspecified atom stereocenters. The third kappa shape index (κ3) is 5.96. The Morgan fingerprint density at radius 1 is 1.27 bits per heavy atom. The average molecular weight is 546 g/mol. The first kappa shape index (κ1) is 26.7. The predicted molar refractivity (Wildman–Crippen MR) is 117 cm³/mol. The zero-order valence-electron chi connectivity index (χ0n) is 19.0. The average Bonchev–Trinajstić information content (AvgIpc) is 3.57. The quantitative estimate of drug-likeness (QED) is 0.271. The number of aromatic nitrogens is 4. The molecule has 4 atom stereocenters. The Morgan fingerprint density at radius 2 is 2.03 bits per heavy atom. The molecule has 200 valence electrons. The smallest absolute Gasteiger partial charge is 0.449 e. The Balaban J connectivity index is 1.48. The minimum absolute atomic E-state index is 0.0225. The van der Waals surface area contributed by atoms with Gasteiger partial charge in [-0.3, -0.25) is 13.7 Å². The molecule has 0 amide bonds. The number of alkyl halides is 3. The van der Waals surface area contributed by atoms with Gasteiger partial charge >= 0.3 is 16.5 Å². The van der Waals surface area contributed by atoms with Crippen LogP contribution in [0.4, 0.5) is 19.0 Å². The second-order valence-corrected chi connectivity index (χ2v) is 9.55. The second kappa shape index (κ2) is 10.2. The molecule has 1 fully saturated rings. The molecule has 1 saturated carbocycles. The maximum atomic E-state index is 13.1. The topological polar surface area (TPSA) is 182 Å². The highest BCUT2D eigenvalue weighted by Gasteiger charge is 2.44. The van der Waals surface area contributed by atoms with Gasteiger partial charge in [-0.05, 0) is 18.2 Å². The van der Waals surface area contributed by atoms with Gasteiger partial charge in [-0.1, -0.05) is 0 Å². The molecule has 1 aliphatic rings. The lowest BCUT2D eigenvalue weighted by Gasteiger charge is -2.19. The van der Waals surface area contributed by atoms with Crippen LogP contribution in [0, 0.1) is 0 Å². The maximum Gasteiger partial charge on any atom is 0.449 e. The molecule has 37 heavy (non-hydrogen) atoms. The summed E-state index contributed by atoms with van der Waals surface area (Å²) in [4.78, 5) is 20.9. The van der Waals surface area contributed by atoms with Crippen LogP contribution in [-0.4, -0.2) is 75.6 Å². The first-order valence-electron chi connectivity index (χ1n) is 10.7. The van der Waals surface area contributed by atoms with Crippen LogP contribution in [0.3, 0.4) is 0 Å². The van der Waals surface area contributed by atoms with E-state index in [1.807, 2.05) is 4.72 Å². The molecule has 4 N–H and O–H groups in total. The zero-order valence-corrected chi connectivity index (χ0v) is 19.8. The molecule has 3 aromatic heterocycles. The van der Waals surface area contributed by atoms with Crippen molar-refractivity contribution in [2.45, 2.75) is 43.5 Å². The van der Waals surface area contributed by atoms with Crippen molar-refractivity contribution in [1.29, 1.82) is 0 Å². The lowest BCUT2D eigenvalue weighted by molar-refractivity contribution is -0.153. The Bertz CT molecular complexity index is 1380. The molecule has 3 heterocycles. The number of hydrogen-bond acceptors (Lipinski definition) is 11. The fourth-order valence-electron chi connectivity index (χ4n) is 3.71. The lowest BCUT2D eigenvalue weighted by Crippen LogP contribution is -2.38. The van der Waals surface area contributed by atoms with E-state index < -0.39 is 52.4 Å². The summed E-state index contributed by atoms with van der Waals surface area (Å²) in [5, 5.41) is 27.4. The van der Waals surface area contributed by atoms with Crippen LogP contribution in [0.15, 0.2) is 41.3 Å². The second-order valence-electron chi connectivity index (χ2n) is 8.04. The molecule has 1 aliphatic carbocycles. The van der Waals surface area contributed by atoms with E-state index in [1.165, 1.54) is 23.1 Å². The Labute approximate surface area is 207 Å². The summed E-state index contributed by atoms with van der Waals surface area (Å²) in [6, 6.07) is 2.35. The van der Waals surface area contributed by atoms with E-state index in [9.17, 15) is 36.6 Å². The Kier molecular flexibility index (Phi) is 7.33. The van der Waals surface area contributed by atoms with Crippen molar-refractivity contribution in [3.63, 3.8) is 0 Å². The summed E-state index contributed by atoms with van der Waals surface area (Å²) < 4.78 is 74.3. The zero-order chi connectivity index (χ0) is 27.0. The number of rotatable bonds is 9. The monoisotopic (exact) mass is 546 g/mol. The number of ketones is 1. The number of nitrogens with one attached hydrogen (secondary N) is 2. The highest BCUT2D eigenvalue weighted by Crippen LogP contribution is 2.31. The predicted octanol–water partition coefficient (Wildman–Crippen LogP) is 0.320. The number of halogens is 3. The number of carbonyl (C=O) groups excluding carboxylic acids is 1. The Hall–Kier alpha value is -3.38. The highest BCUT2D eigenvalue weighted by molar-refractivity contribution is 7.84. The fraction of sp³-hybridized carbons (Fsp3) is 0.400. The summed E-state index contributed by atoms with van der Waals surface area (Å²) in [7, 11) is -3.02. The number of aliphatic hydroxyl groups is 2. The lowest BCUT2D eigenvalue weighted by atomic mass is 10.1. The first-order chi connectivity index (χ1) is 17.4. The number of hydrogen-bond donors (Lipinski definition) is 4. The number of carbonyl (C=O) groups is 1. The Morgan fingerprint density at radius 3 is 2.70 bits per heavy atom. The van der Waals surface area contributed by atoms with Crippen LogP contribution in [-0.2, 0) is 27.2 Å². The van der Waals surface area contributed by atoms with E-state index >= 15 is 0 Å². The number of nitrogens with zero attached hydrogens (tertiary/aromatic N) is 4. The van der Waals surface area contributed by atoms with Gasteiger partial charge < -0.3 is 19.9 Å². The van der Waals surface area contributed by atoms with E-state index in [0.29, 0.717) is 0 Å². The van der Waals surface area contributed by atoms with Gasteiger partial charge in [0.15, 0.2) is 0 Å². The SMILES string of the molecule is CNS(=O)(=O)O[C@@H]1C[C@@H](Nc2ncncc2C(=O)c2ccn(Cc3ccc(C(F)(F)F)o3)n2)[C@H](O)[C@H]1O. The molecule has 3 aromatic rings. The fourth-order valence-corrected chi connectivity index (χ4v) is 4.32. The van der Waals surface area contributed by atoms with Gasteiger partial charge in [0.25, 0.3) is 0 Å². The minimum atomic E-state index is -4.63. The van der Waals surface area contributed by atoms with Crippen molar-refractivity contribution in [3.05, 3.63) is 59.7 Å². The van der Waals surface area contributed by atoms with Gasteiger partial charge in [0.2, 0.25) is 11.5 Å². The normalized spacial score (nSPS) is 22.3. The van der Waals surface area contributed by atoms with E-state index in [4.69, 9.17) is 8.60 Å². The first-order valence-corrected chi connectivity index (χ1v) is 12.1. The maximum absolute atomic E-state index is 13.1. The van der Waals surface area contributed by atoms with Crippen molar-refractivity contribution in [3.8, 4) is 0 Å². The van der Waals surface area contributed by atoms with Gasteiger partial charge in [0.1, 0.15) is 41.9 Å². The highest BCUT2D eigenvalue weighted by atomic mass is 32.2. The molecule has 0 aliphatic heterocycles. The van der Waals surface area contributed by atoms with Crippen LogP contribution < -0.4 is 10.0 Å². The van der Waals surface area contributed by atoms with Crippen LogP contribution in [0.1, 0.15) is 34.0 Å². The molecular weight excluding hydrogens is 525 g/mol. The number of aliphatic hydroxyl groups excluding tert-OH is 2. The van der Waals surface area contributed by atoms with E-state index in [1.54, 1.807) is 0 Å². The molecule has 17 heteroatoms. The van der Waals surface area contributed by atoms with Crippen molar-refractivity contribution in [2.75, 3.05) is 12.4 Å². The van der Waals surface area contributed by atoms with Gasteiger partial charge in [-0.25, -0.2) is 9.97 Å². The summed E-state index contributed by atoms with van der Waals surface area (Å²) in [6.45, 7) is -0.164. The van der Waals surface area contributed by atoms with Crippen molar-refractivity contribution in [1.82, 2.24) is 24.5 Å². The molecule has 0 saturated heterocycles. The third-order valence-corrected chi connectivity index (χ3v) is 6.54. The standard InChI is InChI=1S/C20H21F3N6O7S/c1-24-37(33,34)36-14-6-13(17(31)18(14)32)27-19-11(7-25-9-26-19)16(30)12-4-5-29(28-12)8-10-2-3-15(35-10)20(21,22)23/h2-5,7,9,13-14,17-18,24,31-32H,6,8H2,1H3,(H,25,26,27)/t13-,14-,17+,18+/m1/s1. The van der Waals surface area contributed by atoms with Crippen molar-refractivity contribution >= 4 is 21.9 Å². The largest absolute Gasteiger partial charge is 0.455 e. The summed E-state index contributed by atoms with van der Waals surface area (Å²) in [5.74, 6) is -1.84. The summed E-state index contributed by atoms with van der Waals surface area (Å²) >= 11 is 0. The number of furan rings is 1. The van der Waals surface area contributed by atoms with Crippen LogP contribution in [0.25, 0.3) is 0 Å². The van der Waals surface area contributed by atoms with Crippen molar-refractivity contribution in [2.24, 2.45) is 0 Å². The molecule has 0 radical (unpaired) electrons. The van der Waals surface area contributed by atoms with E-state index in [0.717, 1.165) is 25.5 Å². The van der Waals surface area contributed by atoms with Crippen molar-refractivity contribution < 1.29 is 45.2 Å². The third-order valence-electron chi connectivity index (χ3n) is 5.54. The van der Waals surface area contributed by atoms with Crippen LogP contribution >= 0.6 is 0 Å². The summed E-state index contributed by atoms with van der Waals surface area (Å²) in [6.07, 6.45) is -5.34. The van der Waals surface area contributed by atoms with Crippen LogP contribution in [0.5, 0.6) is 0 Å². The van der Waals surface area contributed by atoms with Gasteiger partial charge in [-0.15, -0.1) is 0 Å². The molecule has 13 nitrogen and oxygen atoms in total. The van der Waals surface area contributed by atoms with E-state index in [2.05, 4.69) is 20.4 Å². The molecular formula is C20H21F3N6O7S. The molecule has 0 aromatic carbocycles. The van der Waals surface area contributed by atoms with Gasteiger partial charge in [0.05, 0.1) is 18.2 Å². The molecule has 0 spiro atoms. The molecule has 0 bridgehead atoms. The summed E-state index contributed by atoms with van der Waals surface area (Å²) in [5.41, 5.74) is -0.132. The van der Waals surface area contributed by atoms with Gasteiger partial charge in [-0.2, -0.15) is 31.4 Å². The van der Waals surface area contributed by atoms with E-state index in [-0.39, 0.29) is 35.8 Å². The van der Waals surface area contributed by atoms with Gasteiger partial charge in [0, 0.05) is 25.9 Å². The molecule has 4 rings (SSSR count). The minimum Gasteiger partial charge on any atom is -0.455 e. The van der Waals surface area contributed by atoms with Crippen LogP contribution in [0.2, 0.25) is 0 Å². The number of anilines is 1.